The molecule has 0 fully saturated rings. The van der Waals surface area contributed by atoms with Crippen LogP contribution in [0.3, 0.4) is 0 Å². The van der Waals surface area contributed by atoms with E-state index in [1.54, 1.807) is 24.3 Å². The van der Waals surface area contributed by atoms with Crippen LogP contribution in [0.4, 0.5) is 5.69 Å². The smallest absolute Gasteiger partial charge is 0.273 e. The van der Waals surface area contributed by atoms with Gasteiger partial charge < -0.3 is 10.5 Å². The summed E-state index contributed by atoms with van der Waals surface area (Å²) in [7, 11) is 0. The maximum atomic E-state index is 12.1. The zero-order valence-electron chi connectivity index (χ0n) is 15.0. The van der Waals surface area contributed by atoms with Gasteiger partial charge >= 0.3 is 0 Å². The molecule has 0 aliphatic carbocycles. The summed E-state index contributed by atoms with van der Waals surface area (Å²) in [4.78, 5) is 12.1. The Morgan fingerprint density at radius 2 is 1.76 bits per heavy atom. The van der Waals surface area contributed by atoms with Crippen LogP contribution in [0.1, 0.15) is 21.5 Å². The predicted octanol–water partition coefficient (Wildman–Crippen LogP) is 5.79. The number of benzene rings is 3. The van der Waals surface area contributed by atoms with Crippen LogP contribution >= 0.6 is 43.5 Å². The molecule has 0 aromatic heterocycles. The molecule has 3 rings (SSSR count). The Morgan fingerprint density at radius 1 is 1.10 bits per heavy atom. The van der Waals surface area contributed by atoms with Crippen molar-refractivity contribution < 1.29 is 9.53 Å². The summed E-state index contributed by atoms with van der Waals surface area (Å²) in [5.41, 5.74) is 10.8. The largest absolute Gasteiger partial charge is 0.487 e. The number of carbonyl (C=O) groups excluding carboxylic acids is 1. The molecule has 3 aromatic carbocycles. The highest BCUT2D eigenvalue weighted by molar-refractivity contribution is 9.11. The van der Waals surface area contributed by atoms with Gasteiger partial charge in [0.05, 0.1) is 20.7 Å². The minimum Gasteiger partial charge on any atom is -0.487 e. The van der Waals surface area contributed by atoms with Crippen LogP contribution in [0.25, 0.3) is 0 Å². The zero-order valence-corrected chi connectivity index (χ0v) is 19.0. The van der Waals surface area contributed by atoms with Gasteiger partial charge in [-0.25, -0.2) is 5.43 Å². The number of nitrogens with two attached hydrogens (primary N) is 1. The third kappa shape index (κ3) is 5.82. The van der Waals surface area contributed by atoms with Crippen LogP contribution < -0.4 is 15.9 Å². The molecule has 3 N–H and O–H groups in total. The van der Waals surface area contributed by atoms with E-state index in [0.29, 0.717) is 28.6 Å². The Labute approximate surface area is 190 Å². The fourth-order valence-electron chi connectivity index (χ4n) is 2.46. The molecule has 3 aromatic rings. The van der Waals surface area contributed by atoms with Gasteiger partial charge in [-0.2, -0.15) is 5.10 Å². The molecule has 0 spiro atoms. The van der Waals surface area contributed by atoms with Crippen molar-refractivity contribution in [2.75, 3.05) is 5.73 Å². The van der Waals surface area contributed by atoms with Crippen LogP contribution in [-0.4, -0.2) is 12.1 Å². The molecule has 1 amide bonds. The van der Waals surface area contributed by atoms with Crippen molar-refractivity contribution in [2.45, 2.75) is 6.61 Å². The van der Waals surface area contributed by atoms with Gasteiger partial charge in [-0.15, -0.1) is 0 Å². The third-order valence-corrected chi connectivity index (χ3v) is 5.33. The number of anilines is 1. The third-order valence-electron chi connectivity index (χ3n) is 3.90. The molecule has 8 heteroatoms. The Balaban J connectivity index is 1.65. The van der Waals surface area contributed by atoms with Gasteiger partial charge in [0.15, 0.2) is 0 Å². The molecule has 0 radical (unpaired) electrons. The van der Waals surface area contributed by atoms with Gasteiger partial charge in [0.25, 0.3) is 5.91 Å². The van der Waals surface area contributed by atoms with E-state index in [4.69, 9.17) is 22.1 Å². The quantitative estimate of drug-likeness (QED) is 0.237. The molecule has 29 heavy (non-hydrogen) atoms. The van der Waals surface area contributed by atoms with Crippen molar-refractivity contribution in [2.24, 2.45) is 5.10 Å². The summed E-state index contributed by atoms with van der Waals surface area (Å²) in [6.07, 6.45) is 1.54. The minimum atomic E-state index is -0.375. The Hall–Kier alpha value is -2.35. The number of para-hydroxylation sites is 1. The van der Waals surface area contributed by atoms with E-state index in [-0.39, 0.29) is 5.91 Å². The number of nitrogens with one attached hydrogen (secondary N) is 1. The summed E-state index contributed by atoms with van der Waals surface area (Å²) in [6.45, 7) is 0.399. The molecule has 0 saturated heterocycles. The highest BCUT2D eigenvalue weighted by atomic mass is 79.9. The van der Waals surface area contributed by atoms with Crippen LogP contribution in [-0.2, 0) is 6.61 Å². The molecule has 0 heterocycles. The number of hydrogen-bond acceptors (Lipinski definition) is 4. The van der Waals surface area contributed by atoms with Crippen molar-refractivity contribution in [1.29, 1.82) is 0 Å². The fraction of sp³-hybridized carbons (Fsp3) is 0.0476. The van der Waals surface area contributed by atoms with Gasteiger partial charge in [-0.05, 0) is 79.4 Å². The lowest BCUT2D eigenvalue weighted by Crippen LogP contribution is -2.19. The van der Waals surface area contributed by atoms with Crippen LogP contribution in [0, 0.1) is 0 Å². The number of nitrogen functional groups attached to an aromatic ring is 1. The lowest BCUT2D eigenvalue weighted by molar-refractivity contribution is 0.0956. The first-order chi connectivity index (χ1) is 13.9. The second-order valence-electron chi connectivity index (χ2n) is 6.02. The second-order valence-corrected chi connectivity index (χ2v) is 8.16. The molecular weight excluding hydrogens is 522 g/mol. The number of amides is 1. The van der Waals surface area contributed by atoms with Gasteiger partial charge in [0, 0.05) is 10.7 Å². The average molecular weight is 538 g/mol. The molecular formula is C21H16Br2ClN3O2. The highest BCUT2D eigenvalue weighted by Crippen LogP contribution is 2.35. The number of hydrogen-bond donors (Lipinski definition) is 2. The van der Waals surface area contributed by atoms with Crippen LogP contribution in [0.2, 0.25) is 5.02 Å². The summed E-state index contributed by atoms with van der Waals surface area (Å²) in [6, 6.07) is 18.0. The van der Waals surface area contributed by atoms with E-state index < -0.39 is 0 Å². The molecule has 0 aliphatic heterocycles. The van der Waals surface area contributed by atoms with E-state index in [9.17, 15) is 4.79 Å². The van der Waals surface area contributed by atoms with Crippen molar-refractivity contribution in [3.8, 4) is 5.75 Å². The van der Waals surface area contributed by atoms with E-state index in [1.807, 2.05) is 36.4 Å². The summed E-state index contributed by atoms with van der Waals surface area (Å²) in [5, 5.41) is 4.68. The van der Waals surface area contributed by atoms with Gasteiger partial charge in [0.1, 0.15) is 12.4 Å². The normalized spacial score (nSPS) is 10.9. The number of nitrogens with zero attached hydrogens (tertiary/aromatic N) is 1. The number of hydrazone groups is 1. The van der Waals surface area contributed by atoms with Crippen molar-refractivity contribution in [3.63, 3.8) is 0 Å². The first kappa shape index (κ1) is 21.4. The topological polar surface area (TPSA) is 76.7 Å². The molecule has 0 atom stereocenters. The van der Waals surface area contributed by atoms with Crippen LogP contribution in [0.15, 0.2) is 74.7 Å². The van der Waals surface area contributed by atoms with E-state index in [2.05, 4.69) is 42.4 Å². The summed E-state index contributed by atoms with van der Waals surface area (Å²) in [5.74, 6) is 0.290. The Morgan fingerprint density at radius 3 is 2.41 bits per heavy atom. The maximum absolute atomic E-state index is 12.1. The lowest BCUT2D eigenvalue weighted by Gasteiger charge is -2.11. The number of ether oxygens (including phenoxy) is 1. The van der Waals surface area contributed by atoms with Crippen molar-refractivity contribution >= 4 is 61.3 Å². The monoisotopic (exact) mass is 535 g/mol. The molecule has 0 unspecified atom stereocenters. The number of rotatable bonds is 6. The minimum absolute atomic E-state index is 0.373. The van der Waals surface area contributed by atoms with Crippen LogP contribution in [0.5, 0.6) is 5.75 Å². The SMILES string of the molecule is Nc1ccccc1C(=O)NN=Cc1cc(Br)c(OCc2ccc(Cl)cc2)c(Br)c1. The molecule has 148 valence electrons. The van der Waals surface area contributed by atoms with Gasteiger partial charge in [0.2, 0.25) is 0 Å². The molecule has 5 nitrogen and oxygen atoms in total. The van der Waals surface area contributed by atoms with Crippen molar-refractivity contribution in [1.82, 2.24) is 5.43 Å². The Kier molecular flexibility index (Phi) is 7.30. The zero-order chi connectivity index (χ0) is 20.8. The summed E-state index contributed by atoms with van der Waals surface area (Å²) >= 11 is 12.9. The highest BCUT2D eigenvalue weighted by Gasteiger charge is 2.10. The van der Waals surface area contributed by atoms with E-state index in [1.165, 1.54) is 6.21 Å². The second kappa shape index (κ2) is 9.91. The number of halogens is 3. The average Bonchev–Trinajstić information content (AvgIpc) is 2.69. The lowest BCUT2D eigenvalue weighted by atomic mass is 10.2. The maximum Gasteiger partial charge on any atom is 0.273 e. The molecule has 0 aliphatic rings. The fourth-order valence-corrected chi connectivity index (χ4v) is 4.03. The standard InChI is InChI=1S/C21H16Br2ClN3O2/c22-17-9-14(11-26-27-21(28)16-3-1-2-4-19(16)25)10-18(23)20(17)29-12-13-5-7-15(24)8-6-13/h1-11H,12,25H2,(H,27,28). The number of carbonyl (C=O) groups is 1. The molecule has 0 bridgehead atoms. The van der Waals surface area contributed by atoms with Crippen molar-refractivity contribution in [3.05, 3.63) is 91.3 Å². The molecule has 0 saturated carbocycles. The van der Waals surface area contributed by atoms with Gasteiger partial charge in [-0.3, -0.25) is 4.79 Å². The van der Waals surface area contributed by atoms with Gasteiger partial charge in [-0.1, -0.05) is 35.9 Å². The van der Waals surface area contributed by atoms with E-state index in [0.717, 1.165) is 20.1 Å². The first-order valence-corrected chi connectivity index (χ1v) is 10.4. The Bertz CT molecular complexity index is 1030. The predicted molar refractivity (Wildman–Crippen MR) is 124 cm³/mol. The van der Waals surface area contributed by atoms with E-state index >= 15 is 0 Å². The first-order valence-electron chi connectivity index (χ1n) is 8.48. The summed E-state index contributed by atoms with van der Waals surface area (Å²) < 4.78 is 7.40.